The highest BCUT2D eigenvalue weighted by Crippen LogP contribution is 2.27. The van der Waals surface area contributed by atoms with Crippen molar-refractivity contribution in [1.82, 2.24) is 10.2 Å². The highest BCUT2D eigenvalue weighted by molar-refractivity contribution is 5.82. The average Bonchev–Trinajstić information content (AvgIpc) is 2.35. The van der Waals surface area contributed by atoms with Crippen LogP contribution in [0.5, 0.6) is 0 Å². The van der Waals surface area contributed by atoms with Gasteiger partial charge >= 0.3 is 0 Å². The summed E-state index contributed by atoms with van der Waals surface area (Å²) >= 11 is 0. The maximum absolute atomic E-state index is 12.1. The summed E-state index contributed by atoms with van der Waals surface area (Å²) in [6, 6.07) is 6.58. The number of hydrogen-bond donors (Lipinski definition) is 1. The summed E-state index contributed by atoms with van der Waals surface area (Å²) in [7, 11) is 3.62. The molecule has 1 heterocycles. The number of hydrogen-bond acceptors (Lipinski definition) is 2. The second-order valence-corrected chi connectivity index (χ2v) is 6.60. The predicted molar refractivity (Wildman–Crippen MR) is 78.2 cm³/mol. The maximum atomic E-state index is 12.1. The van der Waals surface area contributed by atoms with Crippen LogP contribution in [0.1, 0.15) is 37.5 Å². The van der Waals surface area contributed by atoms with Crippen molar-refractivity contribution in [3.63, 3.8) is 0 Å². The van der Waals surface area contributed by atoms with Crippen molar-refractivity contribution >= 4 is 5.91 Å². The van der Waals surface area contributed by atoms with Crippen LogP contribution < -0.4 is 5.32 Å². The lowest BCUT2D eigenvalue weighted by Gasteiger charge is -2.29. The van der Waals surface area contributed by atoms with Gasteiger partial charge in [-0.15, -0.1) is 0 Å². The van der Waals surface area contributed by atoms with Crippen molar-refractivity contribution in [2.75, 3.05) is 14.1 Å². The summed E-state index contributed by atoms with van der Waals surface area (Å²) in [6.45, 7) is 7.44. The lowest BCUT2D eigenvalue weighted by Crippen LogP contribution is -2.47. The minimum Gasteiger partial charge on any atom is -0.347 e. The van der Waals surface area contributed by atoms with E-state index in [1.165, 1.54) is 16.7 Å². The van der Waals surface area contributed by atoms with Gasteiger partial charge in [0, 0.05) is 20.6 Å². The van der Waals surface area contributed by atoms with E-state index in [2.05, 4.69) is 44.3 Å². The Hall–Kier alpha value is -1.35. The van der Waals surface area contributed by atoms with Crippen LogP contribution in [0.2, 0.25) is 0 Å². The predicted octanol–water partition coefficient (Wildman–Crippen LogP) is 2.09. The molecule has 0 fully saturated rings. The van der Waals surface area contributed by atoms with E-state index in [4.69, 9.17) is 0 Å². The number of nitrogens with one attached hydrogen (secondary N) is 1. The lowest BCUT2D eigenvalue weighted by molar-refractivity contribution is -0.131. The van der Waals surface area contributed by atoms with E-state index in [1.807, 2.05) is 14.1 Å². The fraction of sp³-hybridized carbons (Fsp3) is 0.562. The van der Waals surface area contributed by atoms with Crippen LogP contribution in [0.25, 0.3) is 0 Å². The zero-order valence-corrected chi connectivity index (χ0v) is 12.6. The van der Waals surface area contributed by atoms with E-state index in [1.54, 1.807) is 4.90 Å². The number of fused-ring (bicyclic) bond motifs is 1. The van der Waals surface area contributed by atoms with Gasteiger partial charge in [-0.05, 0) is 28.5 Å². The molecule has 1 atom stereocenters. The van der Waals surface area contributed by atoms with Gasteiger partial charge in [0.2, 0.25) is 5.91 Å². The SMILES string of the molecule is CN(C)C(=O)C1Cc2cc(C(C)(C)C)ccc2CN1. The molecule has 1 unspecified atom stereocenters. The van der Waals surface area contributed by atoms with Gasteiger partial charge in [0.15, 0.2) is 0 Å². The quantitative estimate of drug-likeness (QED) is 0.838. The number of benzene rings is 1. The van der Waals surface area contributed by atoms with Crippen LogP contribution in [-0.4, -0.2) is 30.9 Å². The Labute approximate surface area is 116 Å². The molecule has 3 nitrogen and oxygen atoms in total. The molecule has 0 saturated carbocycles. The molecule has 19 heavy (non-hydrogen) atoms. The van der Waals surface area contributed by atoms with Crippen LogP contribution in [-0.2, 0) is 23.2 Å². The van der Waals surface area contributed by atoms with Gasteiger partial charge in [-0.25, -0.2) is 0 Å². The second kappa shape index (κ2) is 4.97. The summed E-state index contributed by atoms with van der Waals surface area (Å²) in [5.41, 5.74) is 4.12. The minimum absolute atomic E-state index is 0.0854. The molecule has 0 radical (unpaired) electrons. The Balaban J connectivity index is 2.26. The van der Waals surface area contributed by atoms with Crippen LogP contribution in [0.15, 0.2) is 18.2 Å². The summed E-state index contributed by atoms with van der Waals surface area (Å²) in [5, 5.41) is 3.32. The van der Waals surface area contributed by atoms with Gasteiger partial charge in [-0.3, -0.25) is 4.79 Å². The molecule has 1 N–H and O–H groups in total. The molecule has 1 aliphatic rings. The normalized spacial score (nSPS) is 18.9. The van der Waals surface area contributed by atoms with Gasteiger partial charge < -0.3 is 10.2 Å². The van der Waals surface area contributed by atoms with Gasteiger partial charge in [-0.1, -0.05) is 39.0 Å². The first-order valence-electron chi connectivity index (χ1n) is 6.86. The fourth-order valence-corrected chi connectivity index (χ4v) is 2.47. The van der Waals surface area contributed by atoms with Crippen molar-refractivity contribution in [2.24, 2.45) is 0 Å². The first-order chi connectivity index (χ1) is 8.79. The topological polar surface area (TPSA) is 32.3 Å². The zero-order chi connectivity index (χ0) is 14.2. The molecule has 1 aromatic rings. The van der Waals surface area contributed by atoms with Crippen LogP contribution in [0, 0.1) is 0 Å². The number of rotatable bonds is 1. The van der Waals surface area contributed by atoms with Gasteiger partial charge in [0.05, 0.1) is 6.04 Å². The number of carbonyl (C=O) groups excluding carboxylic acids is 1. The number of likely N-dealkylation sites (N-methyl/N-ethyl adjacent to an activating group) is 1. The molecule has 104 valence electrons. The van der Waals surface area contributed by atoms with E-state index in [0.717, 1.165) is 13.0 Å². The molecule has 3 heteroatoms. The average molecular weight is 260 g/mol. The first-order valence-corrected chi connectivity index (χ1v) is 6.86. The van der Waals surface area contributed by atoms with Crippen molar-refractivity contribution in [1.29, 1.82) is 0 Å². The minimum atomic E-state index is -0.0854. The molecule has 0 aromatic heterocycles. The first kappa shape index (κ1) is 14.1. The monoisotopic (exact) mass is 260 g/mol. The standard InChI is InChI=1S/C16H24N2O/c1-16(2,3)13-7-6-11-10-17-14(9-12(11)8-13)15(19)18(4)5/h6-8,14,17H,9-10H2,1-5H3. The molecule has 0 aliphatic carbocycles. The number of carbonyl (C=O) groups is 1. The van der Waals surface area contributed by atoms with E-state index < -0.39 is 0 Å². The summed E-state index contributed by atoms with van der Waals surface area (Å²) in [6.07, 6.45) is 0.788. The third-order valence-electron chi connectivity index (χ3n) is 3.77. The molecular weight excluding hydrogens is 236 g/mol. The summed E-state index contributed by atoms with van der Waals surface area (Å²) < 4.78 is 0. The van der Waals surface area contributed by atoms with Crippen molar-refractivity contribution in [3.8, 4) is 0 Å². The Bertz CT molecular complexity index is 486. The van der Waals surface area contributed by atoms with Crippen molar-refractivity contribution in [3.05, 3.63) is 34.9 Å². The highest BCUT2D eigenvalue weighted by Gasteiger charge is 2.26. The molecule has 0 bridgehead atoms. The summed E-state index contributed by atoms with van der Waals surface area (Å²) in [4.78, 5) is 13.7. The summed E-state index contributed by atoms with van der Waals surface area (Å²) in [5.74, 6) is 0.159. The Morgan fingerprint density at radius 3 is 2.53 bits per heavy atom. The Morgan fingerprint density at radius 1 is 1.26 bits per heavy atom. The van der Waals surface area contributed by atoms with Crippen LogP contribution in [0.3, 0.4) is 0 Å². The van der Waals surface area contributed by atoms with E-state index in [-0.39, 0.29) is 17.4 Å². The van der Waals surface area contributed by atoms with Crippen LogP contribution >= 0.6 is 0 Å². The van der Waals surface area contributed by atoms with Crippen molar-refractivity contribution < 1.29 is 4.79 Å². The van der Waals surface area contributed by atoms with Crippen LogP contribution in [0.4, 0.5) is 0 Å². The Kier molecular flexibility index (Phi) is 3.68. The molecule has 1 aromatic carbocycles. The fourth-order valence-electron chi connectivity index (χ4n) is 2.47. The third kappa shape index (κ3) is 2.98. The third-order valence-corrected chi connectivity index (χ3v) is 3.77. The van der Waals surface area contributed by atoms with E-state index >= 15 is 0 Å². The molecular formula is C16H24N2O. The van der Waals surface area contributed by atoms with Gasteiger partial charge in [-0.2, -0.15) is 0 Å². The maximum Gasteiger partial charge on any atom is 0.239 e. The molecule has 0 saturated heterocycles. The smallest absolute Gasteiger partial charge is 0.239 e. The molecule has 0 spiro atoms. The largest absolute Gasteiger partial charge is 0.347 e. The number of amides is 1. The molecule has 1 amide bonds. The molecule has 2 rings (SSSR count). The van der Waals surface area contributed by atoms with E-state index in [0.29, 0.717) is 0 Å². The Morgan fingerprint density at radius 2 is 1.95 bits per heavy atom. The van der Waals surface area contributed by atoms with Crippen molar-refractivity contribution in [2.45, 2.75) is 45.2 Å². The lowest BCUT2D eigenvalue weighted by atomic mass is 9.83. The highest BCUT2D eigenvalue weighted by atomic mass is 16.2. The zero-order valence-electron chi connectivity index (χ0n) is 12.6. The van der Waals surface area contributed by atoms with Gasteiger partial charge in [0.25, 0.3) is 0 Å². The number of nitrogens with zero attached hydrogens (tertiary/aromatic N) is 1. The second-order valence-electron chi connectivity index (χ2n) is 6.60. The van der Waals surface area contributed by atoms with Gasteiger partial charge in [0.1, 0.15) is 0 Å². The van der Waals surface area contributed by atoms with E-state index in [9.17, 15) is 4.79 Å². The molecule has 1 aliphatic heterocycles.